The van der Waals surface area contributed by atoms with Gasteiger partial charge in [-0.05, 0) is 61.7 Å². The Hall–Kier alpha value is -4.68. The van der Waals surface area contributed by atoms with Gasteiger partial charge in [-0.2, -0.15) is 14.4 Å². The number of ether oxygens (including phenoxy) is 1. The summed E-state index contributed by atoms with van der Waals surface area (Å²) in [5, 5.41) is 17.1. The number of nitro benzene ring substituents is 1. The van der Waals surface area contributed by atoms with Gasteiger partial charge in [0.1, 0.15) is 5.75 Å². The molecule has 1 unspecified atom stereocenters. The average molecular weight is 575 g/mol. The predicted molar refractivity (Wildman–Crippen MR) is 152 cm³/mol. The highest BCUT2D eigenvalue weighted by atomic mass is 32.2. The number of hydrogen-bond acceptors (Lipinski definition) is 8. The van der Waals surface area contributed by atoms with Crippen LogP contribution < -0.4 is 9.75 Å². The molecule has 2 aliphatic heterocycles. The van der Waals surface area contributed by atoms with Crippen LogP contribution in [0.4, 0.5) is 11.4 Å². The number of nitro groups is 1. The van der Waals surface area contributed by atoms with Crippen LogP contribution in [0.15, 0.2) is 94.4 Å². The van der Waals surface area contributed by atoms with E-state index in [9.17, 15) is 28.1 Å². The third kappa shape index (κ3) is 5.79. The van der Waals surface area contributed by atoms with Crippen LogP contribution in [0.2, 0.25) is 0 Å². The van der Waals surface area contributed by atoms with Crippen LogP contribution in [0, 0.1) is 16.0 Å². The Labute approximate surface area is 236 Å². The fourth-order valence-corrected chi connectivity index (χ4v) is 6.43. The summed E-state index contributed by atoms with van der Waals surface area (Å²) in [6.07, 6.45) is 2.54. The maximum Gasteiger partial charge on any atom is 0.315 e. The third-order valence-electron chi connectivity index (χ3n) is 6.87. The van der Waals surface area contributed by atoms with Gasteiger partial charge in [0, 0.05) is 19.2 Å². The minimum atomic E-state index is -4.19. The number of amides is 1. The zero-order chi connectivity index (χ0) is 29.1. The van der Waals surface area contributed by atoms with Gasteiger partial charge in [0.25, 0.3) is 11.6 Å². The van der Waals surface area contributed by atoms with Gasteiger partial charge in [-0.25, -0.2) is 8.42 Å². The van der Waals surface area contributed by atoms with Gasteiger partial charge in [0.2, 0.25) is 10.0 Å². The Bertz CT molecular complexity index is 1670. The second-order valence-electron chi connectivity index (χ2n) is 9.61. The molecule has 2 aliphatic rings. The highest BCUT2D eigenvalue weighted by Crippen LogP contribution is 2.30. The first-order valence-corrected chi connectivity index (χ1v) is 14.3. The van der Waals surface area contributed by atoms with Crippen molar-refractivity contribution in [1.29, 1.82) is 0 Å². The lowest BCUT2D eigenvalue weighted by atomic mass is 10.00. The normalized spacial score (nSPS) is 18.8. The standard InChI is InChI=1S/C29H26N4O7S/c1-20-25(28(34)32(30-20)23-9-3-2-4-10-23)18-21-13-15-24(16-14-21)40-29(35)22-8-7-17-31(19-22)41(38,39)27-12-6-5-11-26(27)33(36)37/h2-6,9-16,18,22H,7-8,17,19H2,1H3/b25-18-. The fraction of sp³-hybridized carbons (Fsp3) is 0.207. The Morgan fingerprint density at radius 3 is 2.44 bits per heavy atom. The average Bonchev–Trinajstić information content (AvgIpc) is 3.27. The molecule has 0 bridgehead atoms. The molecule has 210 valence electrons. The lowest BCUT2D eigenvalue weighted by Gasteiger charge is -2.30. The molecular formula is C29H26N4O7S. The van der Waals surface area contributed by atoms with Crippen molar-refractivity contribution in [3.63, 3.8) is 0 Å². The maximum absolute atomic E-state index is 13.2. The molecule has 2 heterocycles. The van der Waals surface area contributed by atoms with Gasteiger partial charge in [-0.1, -0.05) is 42.5 Å². The molecule has 1 saturated heterocycles. The van der Waals surface area contributed by atoms with E-state index >= 15 is 0 Å². The number of nitrogens with zero attached hydrogens (tertiary/aromatic N) is 4. The number of rotatable bonds is 7. The molecule has 0 saturated carbocycles. The summed E-state index contributed by atoms with van der Waals surface area (Å²) in [5.74, 6) is -1.31. The number of para-hydroxylation sites is 2. The number of benzene rings is 3. The maximum atomic E-state index is 13.2. The smallest absolute Gasteiger partial charge is 0.315 e. The first-order valence-electron chi connectivity index (χ1n) is 12.9. The third-order valence-corrected chi connectivity index (χ3v) is 8.78. The number of hydrogen-bond donors (Lipinski definition) is 0. The van der Waals surface area contributed by atoms with Gasteiger partial charge in [-0.3, -0.25) is 19.7 Å². The van der Waals surface area contributed by atoms with Crippen molar-refractivity contribution in [2.75, 3.05) is 18.1 Å². The lowest BCUT2D eigenvalue weighted by Crippen LogP contribution is -2.43. The number of piperidine rings is 1. The number of sulfonamides is 1. The molecule has 41 heavy (non-hydrogen) atoms. The topological polar surface area (TPSA) is 139 Å². The molecule has 0 radical (unpaired) electrons. The molecule has 0 aliphatic carbocycles. The largest absolute Gasteiger partial charge is 0.426 e. The molecule has 5 rings (SSSR count). The molecule has 11 nitrogen and oxygen atoms in total. The quantitative estimate of drug-likeness (QED) is 0.134. The van der Waals surface area contributed by atoms with Crippen LogP contribution in [0.25, 0.3) is 6.08 Å². The molecule has 0 N–H and O–H groups in total. The highest BCUT2D eigenvalue weighted by molar-refractivity contribution is 7.89. The molecule has 0 aromatic heterocycles. The highest BCUT2D eigenvalue weighted by Gasteiger charge is 2.37. The van der Waals surface area contributed by atoms with E-state index in [0.717, 1.165) is 10.4 Å². The zero-order valence-corrected chi connectivity index (χ0v) is 22.9. The Kier molecular flexibility index (Phi) is 7.77. The number of esters is 1. The Balaban J connectivity index is 1.25. The van der Waals surface area contributed by atoms with E-state index < -0.39 is 37.4 Å². The van der Waals surface area contributed by atoms with Gasteiger partial charge in [0.05, 0.1) is 27.8 Å². The number of carbonyl (C=O) groups is 2. The molecular weight excluding hydrogens is 548 g/mol. The summed E-state index contributed by atoms with van der Waals surface area (Å²) in [6.45, 7) is 1.76. The molecule has 0 spiro atoms. The van der Waals surface area contributed by atoms with Crippen molar-refractivity contribution in [2.45, 2.75) is 24.7 Å². The van der Waals surface area contributed by atoms with E-state index in [2.05, 4.69) is 5.10 Å². The summed E-state index contributed by atoms with van der Waals surface area (Å²) in [5.41, 5.74) is 1.88. The van der Waals surface area contributed by atoms with Crippen LogP contribution in [0.5, 0.6) is 5.75 Å². The Morgan fingerprint density at radius 1 is 1.05 bits per heavy atom. The first kappa shape index (κ1) is 27.9. The second kappa shape index (κ2) is 11.4. The van der Waals surface area contributed by atoms with Crippen molar-refractivity contribution < 1.29 is 27.7 Å². The number of anilines is 1. The van der Waals surface area contributed by atoms with Gasteiger partial charge < -0.3 is 4.74 Å². The van der Waals surface area contributed by atoms with E-state index in [0.29, 0.717) is 35.4 Å². The van der Waals surface area contributed by atoms with Gasteiger partial charge >= 0.3 is 5.97 Å². The number of hydrazone groups is 1. The minimum absolute atomic E-state index is 0.143. The van der Waals surface area contributed by atoms with E-state index in [-0.39, 0.29) is 24.7 Å². The summed E-state index contributed by atoms with van der Waals surface area (Å²) >= 11 is 0. The SMILES string of the molecule is CC1=NN(c2ccccc2)C(=O)/C1=C\c1ccc(OC(=O)C2CCCN(S(=O)(=O)c3ccccc3[N+](=O)[O-])C2)cc1. The van der Waals surface area contributed by atoms with E-state index in [1.807, 2.05) is 18.2 Å². The van der Waals surface area contributed by atoms with E-state index in [1.165, 1.54) is 23.2 Å². The van der Waals surface area contributed by atoms with Crippen molar-refractivity contribution in [2.24, 2.45) is 11.0 Å². The molecule has 3 aromatic carbocycles. The summed E-state index contributed by atoms with van der Waals surface area (Å²) in [4.78, 5) is 36.1. The minimum Gasteiger partial charge on any atom is -0.426 e. The molecule has 1 atom stereocenters. The van der Waals surface area contributed by atoms with Crippen molar-refractivity contribution >= 4 is 45.1 Å². The van der Waals surface area contributed by atoms with Crippen LogP contribution >= 0.6 is 0 Å². The van der Waals surface area contributed by atoms with Gasteiger partial charge in [0.15, 0.2) is 4.90 Å². The van der Waals surface area contributed by atoms with Crippen molar-refractivity contribution in [3.8, 4) is 5.75 Å². The predicted octanol–water partition coefficient (Wildman–Crippen LogP) is 4.41. The molecule has 1 fully saturated rings. The van der Waals surface area contributed by atoms with Crippen molar-refractivity contribution in [3.05, 3.63) is 100 Å². The molecule has 1 amide bonds. The monoisotopic (exact) mass is 574 g/mol. The summed E-state index contributed by atoms with van der Waals surface area (Å²) in [6, 6.07) is 20.8. The van der Waals surface area contributed by atoms with Crippen LogP contribution in [0.3, 0.4) is 0 Å². The van der Waals surface area contributed by atoms with Crippen LogP contribution in [-0.2, 0) is 19.6 Å². The molecule has 3 aromatic rings. The van der Waals surface area contributed by atoms with Crippen LogP contribution in [0.1, 0.15) is 25.3 Å². The lowest BCUT2D eigenvalue weighted by molar-refractivity contribution is -0.387. The van der Waals surface area contributed by atoms with E-state index in [1.54, 1.807) is 49.4 Å². The summed E-state index contributed by atoms with van der Waals surface area (Å²) < 4.78 is 33.0. The first-order chi connectivity index (χ1) is 19.6. The Morgan fingerprint density at radius 2 is 1.73 bits per heavy atom. The molecule has 12 heteroatoms. The fourth-order valence-electron chi connectivity index (χ4n) is 4.75. The zero-order valence-electron chi connectivity index (χ0n) is 22.0. The number of carbonyl (C=O) groups excluding carboxylic acids is 2. The van der Waals surface area contributed by atoms with Crippen molar-refractivity contribution in [1.82, 2.24) is 4.31 Å². The van der Waals surface area contributed by atoms with E-state index in [4.69, 9.17) is 4.74 Å². The second-order valence-corrected chi connectivity index (χ2v) is 11.5. The van der Waals surface area contributed by atoms with Crippen LogP contribution in [-0.4, -0.2) is 48.3 Å². The van der Waals surface area contributed by atoms with Gasteiger partial charge in [-0.15, -0.1) is 0 Å². The summed E-state index contributed by atoms with van der Waals surface area (Å²) in [7, 11) is -4.19.